The number of nitrogens with one attached hydrogen (secondary N) is 1. The molecule has 2 aliphatic rings. The molecular formula is C13H24N2O2. The van der Waals surface area contributed by atoms with Crippen LogP contribution in [0.2, 0.25) is 0 Å². The van der Waals surface area contributed by atoms with Crippen molar-refractivity contribution >= 4 is 5.91 Å². The zero-order chi connectivity index (χ0) is 12.4. The minimum Gasteiger partial charge on any atom is -0.388 e. The molecule has 0 heterocycles. The second-order valence-electron chi connectivity index (χ2n) is 5.94. The molecule has 2 saturated carbocycles. The van der Waals surface area contributed by atoms with Crippen molar-refractivity contribution in [1.29, 1.82) is 0 Å². The number of hydrogen-bond acceptors (Lipinski definition) is 3. The molecule has 4 nitrogen and oxygen atoms in total. The fraction of sp³-hybridized carbons (Fsp3) is 0.923. The molecule has 2 aliphatic carbocycles. The third-order valence-electron chi connectivity index (χ3n) is 4.53. The summed E-state index contributed by atoms with van der Waals surface area (Å²) >= 11 is 0. The van der Waals surface area contributed by atoms with Crippen molar-refractivity contribution < 1.29 is 9.90 Å². The van der Waals surface area contributed by atoms with Gasteiger partial charge in [-0.05, 0) is 37.6 Å². The number of rotatable bonds is 5. The monoisotopic (exact) mass is 240 g/mol. The predicted octanol–water partition coefficient (Wildman–Crippen LogP) is 0.927. The minimum absolute atomic E-state index is 0.0514. The van der Waals surface area contributed by atoms with Crippen LogP contribution >= 0.6 is 0 Å². The van der Waals surface area contributed by atoms with Crippen molar-refractivity contribution in [3.05, 3.63) is 0 Å². The van der Waals surface area contributed by atoms with Crippen LogP contribution in [0.25, 0.3) is 0 Å². The number of carbonyl (C=O) groups excluding carboxylic acids is 1. The van der Waals surface area contributed by atoms with Crippen molar-refractivity contribution in [2.45, 2.75) is 57.0 Å². The first-order valence-corrected chi connectivity index (χ1v) is 6.77. The molecule has 2 fully saturated rings. The van der Waals surface area contributed by atoms with Gasteiger partial charge in [0.25, 0.3) is 0 Å². The Balaban J connectivity index is 1.74. The highest BCUT2D eigenvalue weighted by molar-refractivity contribution is 5.77. The Labute approximate surface area is 103 Å². The molecule has 0 aromatic heterocycles. The molecular weight excluding hydrogens is 216 g/mol. The Kier molecular flexibility index (Phi) is 3.73. The van der Waals surface area contributed by atoms with Gasteiger partial charge in [-0.25, -0.2) is 0 Å². The maximum atomic E-state index is 11.8. The molecule has 0 radical (unpaired) electrons. The van der Waals surface area contributed by atoms with Crippen LogP contribution < -0.4 is 11.1 Å². The highest BCUT2D eigenvalue weighted by atomic mass is 16.3. The Morgan fingerprint density at radius 1 is 1.18 bits per heavy atom. The fourth-order valence-corrected chi connectivity index (χ4v) is 3.01. The van der Waals surface area contributed by atoms with E-state index in [1.807, 2.05) is 0 Å². The zero-order valence-corrected chi connectivity index (χ0v) is 10.5. The summed E-state index contributed by atoms with van der Waals surface area (Å²) < 4.78 is 0. The smallest absolute Gasteiger partial charge is 0.220 e. The SMILES string of the molecule is NCC1(CC(=O)NCC2(O)CCCC2)CCC1. The summed E-state index contributed by atoms with van der Waals surface area (Å²) in [6.07, 6.45) is 7.62. The van der Waals surface area contributed by atoms with Crippen molar-refractivity contribution in [2.75, 3.05) is 13.1 Å². The summed E-state index contributed by atoms with van der Waals surface area (Å²) in [4.78, 5) is 11.8. The second-order valence-corrected chi connectivity index (χ2v) is 5.94. The number of nitrogens with two attached hydrogens (primary N) is 1. The minimum atomic E-state index is -0.648. The average Bonchev–Trinajstić information content (AvgIpc) is 2.69. The molecule has 4 heteroatoms. The zero-order valence-electron chi connectivity index (χ0n) is 10.5. The molecule has 0 spiro atoms. The van der Waals surface area contributed by atoms with E-state index in [1.54, 1.807) is 0 Å². The quantitative estimate of drug-likeness (QED) is 0.669. The molecule has 0 unspecified atom stereocenters. The topological polar surface area (TPSA) is 75.4 Å². The van der Waals surface area contributed by atoms with E-state index in [9.17, 15) is 9.90 Å². The van der Waals surface area contributed by atoms with E-state index in [1.165, 1.54) is 6.42 Å². The van der Waals surface area contributed by atoms with Gasteiger partial charge in [0.2, 0.25) is 5.91 Å². The molecule has 0 bridgehead atoms. The maximum absolute atomic E-state index is 11.8. The molecule has 0 aromatic rings. The van der Waals surface area contributed by atoms with Gasteiger partial charge >= 0.3 is 0 Å². The van der Waals surface area contributed by atoms with E-state index in [0.717, 1.165) is 38.5 Å². The number of hydrogen-bond donors (Lipinski definition) is 3. The number of carbonyl (C=O) groups is 1. The van der Waals surface area contributed by atoms with Crippen molar-refractivity contribution in [3.63, 3.8) is 0 Å². The Bertz CT molecular complexity index is 276. The van der Waals surface area contributed by atoms with Crippen molar-refractivity contribution in [1.82, 2.24) is 5.32 Å². The average molecular weight is 240 g/mol. The van der Waals surface area contributed by atoms with Crippen LogP contribution in [-0.4, -0.2) is 29.7 Å². The van der Waals surface area contributed by atoms with Gasteiger partial charge in [-0.15, -0.1) is 0 Å². The van der Waals surface area contributed by atoms with E-state index in [2.05, 4.69) is 5.32 Å². The largest absolute Gasteiger partial charge is 0.388 e. The first-order valence-electron chi connectivity index (χ1n) is 6.77. The predicted molar refractivity (Wildman–Crippen MR) is 66.4 cm³/mol. The standard InChI is InChI=1S/C13H24N2O2/c14-9-12(4-3-5-12)8-11(16)15-10-13(17)6-1-2-7-13/h17H,1-10,14H2,(H,15,16). The first kappa shape index (κ1) is 12.8. The normalized spacial score (nSPS) is 25.3. The molecule has 17 heavy (non-hydrogen) atoms. The van der Waals surface area contributed by atoms with Crippen LogP contribution in [-0.2, 0) is 4.79 Å². The Morgan fingerprint density at radius 2 is 1.82 bits per heavy atom. The van der Waals surface area contributed by atoms with Gasteiger partial charge in [0, 0.05) is 13.0 Å². The van der Waals surface area contributed by atoms with Crippen LogP contribution in [0, 0.1) is 5.41 Å². The van der Waals surface area contributed by atoms with Crippen LogP contribution in [0.4, 0.5) is 0 Å². The van der Waals surface area contributed by atoms with Gasteiger partial charge in [-0.3, -0.25) is 4.79 Å². The maximum Gasteiger partial charge on any atom is 0.220 e. The third-order valence-corrected chi connectivity index (χ3v) is 4.53. The lowest BCUT2D eigenvalue weighted by molar-refractivity contribution is -0.126. The summed E-state index contributed by atoms with van der Waals surface area (Å²) in [7, 11) is 0. The van der Waals surface area contributed by atoms with Gasteiger partial charge in [0.1, 0.15) is 0 Å². The summed E-state index contributed by atoms with van der Waals surface area (Å²) in [6, 6.07) is 0. The van der Waals surface area contributed by atoms with Crippen LogP contribution in [0.15, 0.2) is 0 Å². The molecule has 98 valence electrons. The van der Waals surface area contributed by atoms with Gasteiger partial charge in [0.05, 0.1) is 5.60 Å². The van der Waals surface area contributed by atoms with Crippen molar-refractivity contribution in [2.24, 2.45) is 11.1 Å². The fourth-order valence-electron chi connectivity index (χ4n) is 3.01. The Morgan fingerprint density at radius 3 is 2.29 bits per heavy atom. The molecule has 2 rings (SSSR count). The molecule has 0 aliphatic heterocycles. The van der Waals surface area contributed by atoms with Gasteiger partial charge < -0.3 is 16.2 Å². The lowest BCUT2D eigenvalue weighted by atomic mass is 9.66. The third kappa shape index (κ3) is 2.99. The lowest BCUT2D eigenvalue weighted by Crippen LogP contribution is -2.45. The van der Waals surface area contributed by atoms with E-state index in [4.69, 9.17) is 5.73 Å². The van der Waals surface area contributed by atoms with E-state index < -0.39 is 5.60 Å². The molecule has 4 N–H and O–H groups in total. The second kappa shape index (κ2) is 4.94. The van der Waals surface area contributed by atoms with E-state index >= 15 is 0 Å². The van der Waals surface area contributed by atoms with Gasteiger partial charge in [-0.2, -0.15) is 0 Å². The summed E-state index contributed by atoms with van der Waals surface area (Å²) in [5, 5.41) is 13.0. The van der Waals surface area contributed by atoms with E-state index in [0.29, 0.717) is 19.5 Å². The molecule has 0 aromatic carbocycles. The highest BCUT2D eigenvalue weighted by Crippen LogP contribution is 2.42. The Hall–Kier alpha value is -0.610. The lowest BCUT2D eigenvalue weighted by Gasteiger charge is -2.40. The summed E-state index contributed by atoms with van der Waals surface area (Å²) in [5.41, 5.74) is 5.14. The molecule has 0 saturated heterocycles. The van der Waals surface area contributed by atoms with Crippen LogP contribution in [0.3, 0.4) is 0 Å². The van der Waals surface area contributed by atoms with Crippen LogP contribution in [0.1, 0.15) is 51.4 Å². The van der Waals surface area contributed by atoms with E-state index in [-0.39, 0.29) is 11.3 Å². The number of aliphatic hydroxyl groups is 1. The highest BCUT2D eigenvalue weighted by Gasteiger charge is 2.38. The summed E-state index contributed by atoms with van der Waals surface area (Å²) in [5.74, 6) is 0.0514. The van der Waals surface area contributed by atoms with Crippen LogP contribution in [0.5, 0.6) is 0 Å². The van der Waals surface area contributed by atoms with Crippen molar-refractivity contribution in [3.8, 4) is 0 Å². The van der Waals surface area contributed by atoms with Gasteiger partial charge in [-0.1, -0.05) is 19.3 Å². The molecule has 0 atom stereocenters. The number of amides is 1. The first-order chi connectivity index (χ1) is 8.08. The summed E-state index contributed by atoms with van der Waals surface area (Å²) in [6.45, 7) is 1.01. The van der Waals surface area contributed by atoms with Gasteiger partial charge in [0.15, 0.2) is 0 Å². The molecule has 1 amide bonds.